The standard InChI is InChI=1S/C12H15NOS/c1-10(2)8-9-14-12(15)13-11-6-4-3-5-7-11/h3-7H,1,8-9H2,2H3,(H,13,15). The molecule has 0 aromatic heterocycles. The van der Waals surface area contributed by atoms with Gasteiger partial charge in [-0.1, -0.05) is 23.8 Å². The topological polar surface area (TPSA) is 21.3 Å². The van der Waals surface area contributed by atoms with Crippen molar-refractivity contribution in [1.29, 1.82) is 0 Å². The third-order valence-electron chi connectivity index (χ3n) is 1.78. The van der Waals surface area contributed by atoms with E-state index in [1.807, 2.05) is 37.3 Å². The van der Waals surface area contributed by atoms with Gasteiger partial charge in [0.1, 0.15) is 0 Å². The number of ether oxygens (including phenoxy) is 1. The second kappa shape index (κ2) is 6.19. The molecule has 0 atom stereocenters. The highest BCUT2D eigenvalue weighted by molar-refractivity contribution is 7.80. The van der Waals surface area contributed by atoms with E-state index in [-0.39, 0.29) is 0 Å². The maximum atomic E-state index is 5.32. The predicted octanol–water partition coefficient (Wildman–Crippen LogP) is 3.37. The molecule has 0 aliphatic carbocycles. The molecule has 2 nitrogen and oxygen atoms in total. The molecule has 0 radical (unpaired) electrons. The molecule has 0 fully saturated rings. The Morgan fingerprint density at radius 2 is 2.07 bits per heavy atom. The Morgan fingerprint density at radius 3 is 2.67 bits per heavy atom. The minimum Gasteiger partial charge on any atom is -0.470 e. The number of benzene rings is 1. The lowest BCUT2D eigenvalue weighted by atomic mass is 10.3. The first kappa shape index (κ1) is 11.7. The molecule has 0 unspecified atom stereocenters. The fourth-order valence-corrected chi connectivity index (χ4v) is 1.19. The molecule has 0 saturated heterocycles. The van der Waals surface area contributed by atoms with Crippen molar-refractivity contribution in [3.05, 3.63) is 42.5 Å². The van der Waals surface area contributed by atoms with Crippen molar-refractivity contribution in [3.63, 3.8) is 0 Å². The van der Waals surface area contributed by atoms with Crippen LogP contribution in [-0.4, -0.2) is 11.8 Å². The van der Waals surface area contributed by atoms with Gasteiger partial charge in [-0.25, -0.2) is 0 Å². The predicted molar refractivity (Wildman–Crippen MR) is 68.0 cm³/mol. The van der Waals surface area contributed by atoms with Crippen LogP contribution in [0.15, 0.2) is 42.5 Å². The normalized spacial score (nSPS) is 9.40. The monoisotopic (exact) mass is 221 g/mol. The van der Waals surface area contributed by atoms with E-state index in [0.717, 1.165) is 17.7 Å². The summed E-state index contributed by atoms with van der Waals surface area (Å²) in [7, 11) is 0. The first-order valence-electron chi connectivity index (χ1n) is 4.81. The van der Waals surface area contributed by atoms with Crippen LogP contribution >= 0.6 is 12.2 Å². The molecule has 0 heterocycles. The third kappa shape index (κ3) is 5.18. The van der Waals surface area contributed by atoms with Gasteiger partial charge in [0.25, 0.3) is 5.17 Å². The van der Waals surface area contributed by atoms with Crippen LogP contribution in [0.2, 0.25) is 0 Å². The van der Waals surface area contributed by atoms with Crippen molar-refractivity contribution in [1.82, 2.24) is 0 Å². The third-order valence-corrected chi connectivity index (χ3v) is 2.00. The summed E-state index contributed by atoms with van der Waals surface area (Å²) in [5.41, 5.74) is 2.04. The number of anilines is 1. The summed E-state index contributed by atoms with van der Waals surface area (Å²) in [6.07, 6.45) is 0.830. The van der Waals surface area contributed by atoms with Gasteiger partial charge < -0.3 is 10.1 Å². The van der Waals surface area contributed by atoms with E-state index in [1.54, 1.807) is 0 Å². The smallest absolute Gasteiger partial charge is 0.261 e. The zero-order chi connectivity index (χ0) is 11.1. The summed E-state index contributed by atoms with van der Waals surface area (Å²) in [6, 6.07) is 9.72. The lowest BCUT2D eigenvalue weighted by Gasteiger charge is -2.09. The van der Waals surface area contributed by atoms with Crippen LogP contribution in [0.25, 0.3) is 0 Å². The summed E-state index contributed by atoms with van der Waals surface area (Å²) < 4.78 is 5.32. The van der Waals surface area contributed by atoms with E-state index >= 15 is 0 Å². The van der Waals surface area contributed by atoms with Crippen LogP contribution in [0.4, 0.5) is 5.69 Å². The van der Waals surface area contributed by atoms with Crippen molar-refractivity contribution in [2.75, 3.05) is 11.9 Å². The van der Waals surface area contributed by atoms with Gasteiger partial charge in [-0.2, -0.15) is 0 Å². The second-order valence-electron chi connectivity index (χ2n) is 3.33. The first-order chi connectivity index (χ1) is 7.18. The molecule has 3 heteroatoms. The molecular formula is C12H15NOS. The molecule has 0 bridgehead atoms. The fourth-order valence-electron chi connectivity index (χ4n) is 0.993. The quantitative estimate of drug-likeness (QED) is 0.622. The van der Waals surface area contributed by atoms with E-state index in [2.05, 4.69) is 11.9 Å². The number of thiocarbonyl (C=S) groups is 1. The first-order valence-corrected chi connectivity index (χ1v) is 5.22. The molecule has 15 heavy (non-hydrogen) atoms. The van der Waals surface area contributed by atoms with Crippen LogP contribution in [0, 0.1) is 0 Å². The number of hydrogen-bond acceptors (Lipinski definition) is 2. The molecular weight excluding hydrogens is 206 g/mol. The molecule has 80 valence electrons. The van der Waals surface area contributed by atoms with Crippen LogP contribution in [0.1, 0.15) is 13.3 Å². The molecule has 1 N–H and O–H groups in total. The largest absolute Gasteiger partial charge is 0.470 e. The zero-order valence-electron chi connectivity index (χ0n) is 8.82. The number of hydrogen-bond donors (Lipinski definition) is 1. The number of rotatable bonds is 4. The van der Waals surface area contributed by atoms with E-state index in [9.17, 15) is 0 Å². The van der Waals surface area contributed by atoms with Crippen LogP contribution in [0.5, 0.6) is 0 Å². The summed E-state index contributed by atoms with van der Waals surface area (Å²) >= 11 is 5.03. The van der Waals surface area contributed by atoms with Gasteiger partial charge >= 0.3 is 0 Å². The summed E-state index contributed by atoms with van der Waals surface area (Å²) in [5.74, 6) is 0. The van der Waals surface area contributed by atoms with Gasteiger partial charge in [-0.15, -0.1) is 6.58 Å². The molecule has 1 aromatic rings. The van der Waals surface area contributed by atoms with E-state index < -0.39 is 0 Å². The maximum absolute atomic E-state index is 5.32. The Balaban J connectivity index is 2.28. The highest BCUT2D eigenvalue weighted by Crippen LogP contribution is 2.05. The molecule has 1 rings (SSSR count). The summed E-state index contributed by atoms with van der Waals surface area (Å²) in [4.78, 5) is 0. The highest BCUT2D eigenvalue weighted by atomic mass is 32.1. The lowest BCUT2D eigenvalue weighted by Crippen LogP contribution is -2.13. The second-order valence-corrected chi connectivity index (χ2v) is 3.70. The Morgan fingerprint density at radius 1 is 1.40 bits per heavy atom. The SMILES string of the molecule is C=C(C)CCOC(=S)Nc1ccccc1. The average Bonchev–Trinajstić information content (AvgIpc) is 2.18. The minimum atomic E-state index is 0.405. The molecule has 0 aliphatic rings. The van der Waals surface area contributed by atoms with Crippen LogP contribution in [0.3, 0.4) is 0 Å². The molecule has 0 saturated carbocycles. The van der Waals surface area contributed by atoms with E-state index in [1.165, 1.54) is 0 Å². The number of para-hydroxylation sites is 1. The highest BCUT2D eigenvalue weighted by Gasteiger charge is 1.97. The van der Waals surface area contributed by atoms with E-state index in [0.29, 0.717) is 11.8 Å². The van der Waals surface area contributed by atoms with Crippen molar-refractivity contribution < 1.29 is 4.74 Å². The van der Waals surface area contributed by atoms with Gasteiger partial charge in [0.15, 0.2) is 0 Å². The summed E-state index contributed by atoms with van der Waals surface area (Å²) in [5, 5.41) is 3.40. The fraction of sp³-hybridized carbons (Fsp3) is 0.250. The Bertz CT molecular complexity index is 335. The van der Waals surface area contributed by atoms with Gasteiger partial charge in [0, 0.05) is 12.1 Å². The number of nitrogens with one attached hydrogen (secondary N) is 1. The van der Waals surface area contributed by atoms with Gasteiger partial charge in [0.05, 0.1) is 6.61 Å². The van der Waals surface area contributed by atoms with Gasteiger partial charge in [0.2, 0.25) is 0 Å². The lowest BCUT2D eigenvalue weighted by molar-refractivity contribution is 0.316. The summed E-state index contributed by atoms with van der Waals surface area (Å²) in [6.45, 7) is 6.34. The Labute approximate surface area is 96.0 Å². The van der Waals surface area contributed by atoms with Gasteiger partial charge in [-0.3, -0.25) is 0 Å². The van der Waals surface area contributed by atoms with Gasteiger partial charge in [-0.05, 0) is 31.3 Å². The van der Waals surface area contributed by atoms with Crippen molar-refractivity contribution in [2.24, 2.45) is 0 Å². The van der Waals surface area contributed by atoms with Crippen molar-refractivity contribution in [2.45, 2.75) is 13.3 Å². The van der Waals surface area contributed by atoms with Crippen molar-refractivity contribution in [3.8, 4) is 0 Å². The van der Waals surface area contributed by atoms with E-state index in [4.69, 9.17) is 17.0 Å². The molecule has 0 spiro atoms. The van der Waals surface area contributed by atoms with Crippen molar-refractivity contribution >= 4 is 23.1 Å². The Hall–Kier alpha value is -1.35. The van der Waals surface area contributed by atoms with Crippen LogP contribution < -0.4 is 5.32 Å². The Kier molecular flexibility index (Phi) is 4.84. The molecule has 0 amide bonds. The maximum Gasteiger partial charge on any atom is 0.261 e. The average molecular weight is 221 g/mol. The minimum absolute atomic E-state index is 0.405. The zero-order valence-corrected chi connectivity index (χ0v) is 9.64. The molecule has 1 aromatic carbocycles. The van der Waals surface area contributed by atoms with Crippen LogP contribution in [-0.2, 0) is 4.74 Å². The molecule has 0 aliphatic heterocycles.